The number of aromatic nitrogens is 2. The van der Waals surface area contributed by atoms with Gasteiger partial charge in [-0.2, -0.15) is 5.10 Å². The number of carbonyl (C=O) groups excluding carboxylic acids is 3. The maximum Gasteiger partial charge on any atom is 0.317 e. The predicted octanol–water partition coefficient (Wildman–Crippen LogP) is 1.75. The molecular formula is C29H37N7O3. The molecule has 1 aromatic carbocycles. The minimum atomic E-state index is -0.0707. The first-order chi connectivity index (χ1) is 18.8. The summed E-state index contributed by atoms with van der Waals surface area (Å²) in [6, 6.07) is 6.41. The van der Waals surface area contributed by atoms with Crippen molar-refractivity contribution in [3.63, 3.8) is 0 Å². The first-order valence-electron chi connectivity index (χ1n) is 14.3. The van der Waals surface area contributed by atoms with Crippen LogP contribution in [0, 0.1) is 19.8 Å². The highest BCUT2D eigenvalue weighted by Crippen LogP contribution is 2.57. The maximum atomic E-state index is 13.7. The molecule has 4 atom stereocenters. The van der Waals surface area contributed by atoms with Gasteiger partial charge in [-0.25, -0.2) is 4.79 Å². The molecule has 3 saturated heterocycles. The monoisotopic (exact) mass is 531 g/mol. The number of carbonyl (C=O) groups is 3. The molecule has 1 aromatic heterocycles. The number of piperidine rings is 1. The molecule has 1 saturated carbocycles. The summed E-state index contributed by atoms with van der Waals surface area (Å²) < 4.78 is 1.83. The van der Waals surface area contributed by atoms with Crippen LogP contribution in [0.2, 0.25) is 0 Å². The summed E-state index contributed by atoms with van der Waals surface area (Å²) in [7, 11) is 1.82. The molecule has 3 aliphatic heterocycles. The Morgan fingerprint density at radius 2 is 1.87 bits per heavy atom. The molecule has 0 spiro atoms. The van der Waals surface area contributed by atoms with Gasteiger partial charge in [-0.1, -0.05) is 12.1 Å². The Morgan fingerprint density at radius 3 is 2.67 bits per heavy atom. The summed E-state index contributed by atoms with van der Waals surface area (Å²) in [4.78, 5) is 47.1. The van der Waals surface area contributed by atoms with Crippen LogP contribution < -0.4 is 10.2 Å². The Bertz CT molecular complexity index is 1360. The highest BCUT2D eigenvalue weighted by Gasteiger charge is 2.51. The average molecular weight is 532 g/mol. The number of amides is 4. The van der Waals surface area contributed by atoms with Crippen molar-refractivity contribution in [3.8, 4) is 0 Å². The highest BCUT2D eigenvalue weighted by atomic mass is 16.2. The molecule has 39 heavy (non-hydrogen) atoms. The van der Waals surface area contributed by atoms with Gasteiger partial charge in [0.2, 0.25) is 5.91 Å². The Kier molecular flexibility index (Phi) is 5.64. The summed E-state index contributed by atoms with van der Waals surface area (Å²) in [5.41, 5.74) is 6.51. The number of fused-ring (bicyclic) bond motifs is 4. The quantitative estimate of drug-likeness (QED) is 0.649. The van der Waals surface area contributed by atoms with Gasteiger partial charge in [0.1, 0.15) is 6.54 Å². The highest BCUT2D eigenvalue weighted by molar-refractivity contribution is 5.95. The molecule has 7 rings (SSSR count). The van der Waals surface area contributed by atoms with Crippen molar-refractivity contribution in [3.05, 3.63) is 46.3 Å². The number of rotatable bonds is 4. The van der Waals surface area contributed by atoms with Gasteiger partial charge in [0, 0.05) is 63.3 Å². The fourth-order valence-electron chi connectivity index (χ4n) is 7.27. The topological polar surface area (TPSA) is 94.0 Å². The maximum absolute atomic E-state index is 13.7. The molecule has 10 nitrogen and oxygen atoms in total. The normalized spacial score (nSPS) is 27.3. The molecule has 4 fully saturated rings. The van der Waals surface area contributed by atoms with Crippen molar-refractivity contribution in [2.75, 3.05) is 51.2 Å². The zero-order valence-corrected chi connectivity index (χ0v) is 23.0. The Balaban J connectivity index is 1.04. The Hall–Kier alpha value is -3.56. The molecule has 2 unspecified atom stereocenters. The zero-order valence-electron chi connectivity index (χ0n) is 23.0. The van der Waals surface area contributed by atoms with Crippen LogP contribution in [0.1, 0.15) is 51.6 Å². The smallest absolute Gasteiger partial charge is 0.317 e. The number of hydrogen-bond acceptors (Lipinski definition) is 5. The van der Waals surface area contributed by atoms with Crippen LogP contribution in [0.5, 0.6) is 0 Å². The summed E-state index contributed by atoms with van der Waals surface area (Å²) in [5, 5.41) is 7.80. The van der Waals surface area contributed by atoms with Gasteiger partial charge in [0.05, 0.1) is 12.1 Å². The van der Waals surface area contributed by atoms with Gasteiger partial charge in [-0.15, -0.1) is 0 Å². The molecule has 4 heterocycles. The molecule has 10 heteroatoms. The Labute approximate surface area is 228 Å². The van der Waals surface area contributed by atoms with Crippen LogP contribution in [0.4, 0.5) is 10.5 Å². The van der Waals surface area contributed by atoms with Crippen LogP contribution in [0.25, 0.3) is 0 Å². The molecule has 0 radical (unpaired) electrons. The van der Waals surface area contributed by atoms with Crippen LogP contribution in [-0.2, 0) is 17.8 Å². The lowest BCUT2D eigenvalue weighted by atomic mass is 9.99. The van der Waals surface area contributed by atoms with Crippen LogP contribution in [0.3, 0.4) is 0 Å². The first-order valence-corrected chi connectivity index (χ1v) is 14.3. The van der Waals surface area contributed by atoms with E-state index in [1.54, 1.807) is 4.90 Å². The van der Waals surface area contributed by atoms with E-state index in [1.165, 1.54) is 16.8 Å². The van der Waals surface area contributed by atoms with E-state index >= 15 is 0 Å². The van der Waals surface area contributed by atoms with Gasteiger partial charge in [0.25, 0.3) is 5.91 Å². The SMILES string of the molecule is Cc1cccc(N2CCN(C(=O)Cn3nc(C(=O)N4CCC5C(C4)NC(=O)N5C)c4c3C[C@H]3C[C@@H]43)CC2)c1C. The van der Waals surface area contributed by atoms with Crippen LogP contribution >= 0.6 is 0 Å². The third-order valence-corrected chi connectivity index (χ3v) is 9.87. The molecule has 206 valence electrons. The predicted molar refractivity (Wildman–Crippen MR) is 146 cm³/mol. The number of likely N-dealkylation sites (N-methyl/N-ethyl adjacent to an activating group) is 1. The fourth-order valence-corrected chi connectivity index (χ4v) is 7.27. The van der Waals surface area contributed by atoms with Crippen LogP contribution in [-0.4, -0.2) is 101 Å². The fraction of sp³-hybridized carbons (Fsp3) is 0.586. The lowest BCUT2D eigenvalue weighted by Crippen LogP contribution is -2.52. The summed E-state index contributed by atoms with van der Waals surface area (Å²) in [6.45, 7) is 8.58. The second-order valence-corrected chi connectivity index (χ2v) is 12.0. The minimum absolute atomic E-state index is 0.0483. The standard InChI is InChI=1S/C29H37N7O3/c1-17-5-4-6-22(18(17)2)33-9-11-34(12-10-33)25(37)16-36-24-14-19-13-20(19)26(24)27(31-36)28(38)35-8-7-23-21(15-35)30-29(39)32(23)3/h4-6,19-21,23H,7-16H2,1-3H3,(H,30,39)/t19-,20-,21?,23?/m1/s1. The second-order valence-electron chi connectivity index (χ2n) is 12.0. The van der Waals surface area contributed by atoms with E-state index in [0.29, 0.717) is 43.7 Å². The lowest BCUT2D eigenvalue weighted by Gasteiger charge is -2.37. The minimum Gasteiger partial charge on any atom is -0.368 e. The van der Waals surface area contributed by atoms with E-state index < -0.39 is 0 Å². The molecule has 2 aromatic rings. The first kappa shape index (κ1) is 24.5. The van der Waals surface area contributed by atoms with Gasteiger partial charge < -0.3 is 24.9 Å². The largest absolute Gasteiger partial charge is 0.368 e. The molecule has 2 aliphatic carbocycles. The van der Waals surface area contributed by atoms with Gasteiger partial charge in [0.15, 0.2) is 5.69 Å². The molecule has 5 aliphatic rings. The van der Waals surface area contributed by atoms with E-state index in [-0.39, 0.29) is 36.5 Å². The number of anilines is 1. The lowest BCUT2D eigenvalue weighted by molar-refractivity contribution is -0.132. The number of piperazine rings is 1. The number of aryl methyl sites for hydroxylation is 1. The number of likely N-dealkylation sites (tertiary alicyclic amines) is 1. The van der Waals surface area contributed by atoms with Crippen molar-refractivity contribution in [2.45, 2.75) is 57.7 Å². The summed E-state index contributed by atoms with van der Waals surface area (Å²) in [6.07, 6.45) is 2.77. The number of benzene rings is 1. The Morgan fingerprint density at radius 1 is 1.08 bits per heavy atom. The average Bonchev–Trinajstić information content (AvgIpc) is 3.32. The van der Waals surface area contributed by atoms with Gasteiger partial charge in [-0.05, 0) is 62.1 Å². The van der Waals surface area contributed by atoms with Crippen molar-refractivity contribution in [1.29, 1.82) is 0 Å². The van der Waals surface area contributed by atoms with E-state index in [4.69, 9.17) is 5.10 Å². The van der Waals surface area contributed by atoms with E-state index in [9.17, 15) is 14.4 Å². The van der Waals surface area contributed by atoms with Crippen molar-refractivity contribution < 1.29 is 14.4 Å². The number of urea groups is 1. The second kappa shape index (κ2) is 8.99. The van der Waals surface area contributed by atoms with Gasteiger partial charge in [-0.3, -0.25) is 14.3 Å². The number of hydrogen-bond donors (Lipinski definition) is 1. The van der Waals surface area contributed by atoms with Crippen molar-refractivity contribution in [1.82, 2.24) is 29.8 Å². The molecule has 4 amide bonds. The molecule has 0 bridgehead atoms. The van der Waals surface area contributed by atoms with E-state index in [2.05, 4.69) is 42.3 Å². The third-order valence-electron chi connectivity index (χ3n) is 9.87. The van der Waals surface area contributed by atoms with Crippen molar-refractivity contribution in [2.24, 2.45) is 5.92 Å². The van der Waals surface area contributed by atoms with Crippen molar-refractivity contribution >= 4 is 23.5 Å². The summed E-state index contributed by atoms with van der Waals surface area (Å²) in [5.74, 6) is 0.992. The van der Waals surface area contributed by atoms with E-state index in [1.807, 2.05) is 21.5 Å². The van der Waals surface area contributed by atoms with Gasteiger partial charge >= 0.3 is 6.03 Å². The van der Waals surface area contributed by atoms with E-state index in [0.717, 1.165) is 43.6 Å². The third kappa shape index (κ3) is 3.98. The summed E-state index contributed by atoms with van der Waals surface area (Å²) >= 11 is 0. The molecular weight excluding hydrogens is 494 g/mol. The molecule has 1 N–H and O–H groups in total. The number of nitrogens with zero attached hydrogens (tertiary/aromatic N) is 6. The van der Waals surface area contributed by atoms with Crippen LogP contribution in [0.15, 0.2) is 18.2 Å². The number of nitrogens with one attached hydrogen (secondary N) is 1. The zero-order chi connectivity index (χ0) is 27.0.